The molecule has 0 saturated heterocycles. The first-order valence-corrected chi connectivity index (χ1v) is 4.09. The maximum atomic E-state index is 10.4. The largest absolute Gasteiger partial charge is 0.270 e. The third-order valence-electron chi connectivity index (χ3n) is 1.54. The Labute approximate surface area is 80.8 Å². The molecule has 0 unspecified atom stereocenters. The van der Waals surface area contributed by atoms with Crippen LogP contribution in [-0.4, -0.2) is 4.92 Å². The average Bonchev–Trinajstić information content (AvgIpc) is 2.08. The third-order valence-corrected chi connectivity index (χ3v) is 1.88. The Hall–Kier alpha value is -1.35. The highest BCUT2D eigenvalue weighted by Gasteiger charge is 2.06. The summed E-state index contributed by atoms with van der Waals surface area (Å²) in [6.07, 6.45) is 3.51. The molecule has 0 N–H and O–H groups in total. The number of benzene rings is 1. The van der Waals surface area contributed by atoms with Crippen LogP contribution in [0.1, 0.15) is 12.5 Å². The molecule has 1 aromatic carbocycles. The second-order valence-corrected chi connectivity index (χ2v) is 2.87. The van der Waals surface area contributed by atoms with Crippen molar-refractivity contribution < 1.29 is 4.92 Å². The first-order valence-electron chi connectivity index (χ1n) is 3.72. The molecule has 0 fully saturated rings. The highest BCUT2D eigenvalue weighted by Crippen LogP contribution is 2.22. The monoisotopic (exact) mass is 197 g/mol. The number of hydrogen-bond acceptors (Lipinski definition) is 2. The quantitative estimate of drug-likeness (QED) is 0.539. The van der Waals surface area contributed by atoms with E-state index in [2.05, 4.69) is 0 Å². The van der Waals surface area contributed by atoms with Crippen molar-refractivity contribution in [3.63, 3.8) is 0 Å². The summed E-state index contributed by atoms with van der Waals surface area (Å²) >= 11 is 5.81. The van der Waals surface area contributed by atoms with Gasteiger partial charge in [0, 0.05) is 17.2 Å². The number of rotatable bonds is 2. The molecule has 0 bridgehead atoms. The fraction of sp³-hybridized carbons (Fsp3) is 0.111. The molecule has 0 aliphatic carbocycles. The van der Waals surface area contributed by atoms with Gasteiger partial charge in [-0.2, -0.15) is 0 Å². The van der Waals surface area contributed by atoms with Gasteiger partial charge in [-0.3, -0.25) is 10.1 Å². The Kier molecular flexibility index (Phi) is 3.03. The zero-order chi connectivity index (χ0) is 9.84. The summed E-state index contributed by atoms with van der Waals surface area (Å²) in [5.41, 5.74) is 0.718. The summed E-state index contributed by atoms with van der Waals surface area (Å²) < 4.78 is 0. The zero-order valence-electron chi connectivity index (χ0n) is 7.03. The number of hydrogen-bond donors (Lipinski definition) is 0. The second kappa shape index (κ2) is 4.05. The van der Waals surface area contributed by atoms with Gasteiger partial charge in [-0.05, 0) is 18.6 Å². The highest BCUT2D eigenvalue weighted by molar-refractivity contribution is 6.32. The van der Waals surface area contributed by atoms with E-state index >= 15 is 0 Å². The predicted molar refractivity (Wildman–Crippen MR) is 52.8 cm³/mol. The van der Waals surface area contributed by atoms with Crippen molar-refractivity contribution in [1.82, 2.24) is 0 Å². The minimum absolute atomic E-state index is 0.0532. The summed E-state index contributed by atoms with van der Waals surface area (Å²) in [7, 11) is 0. The summed E-state index contributed by atoms with van der Waals surface area (Å²) in [4.78, 5) is 9.97. The topological polar surface area (TPSA) is 43.1 Å². The Morgan fingerprint density at radius 1 is 1.54 bits per heavy atom. The van der Waals surface area contributed by atoms with Crippen LogP contribution in [0.5, 0.6) is 0 Å². The van der Waals surface area contributed by atoms with Crippen molar-refractivity contribution in [2.45, 2.75) is 6.92 Å². The van der Waals surface area contributed by atoms with Gasteiger partial charge in [0.15, 0.2) is 0 Å². The maximum Gasteiger partial charge on any atom is 0.270 e. The van der Waals surface area contributed by atoms with Gasteiger partial charge in [-0.15, -0.1) is 0 Å². The Balaban J connectivity index is 3.18. The second-order valence-electron chi connectivity index (χ2n) is 2.46. The van der Waals surface area contributed by atoms with Gasteiger partial charge in [0.25, 0.3) is 5.69 Å². The van der Waals surface area contributed by atoms with Crippen LogP contribution >= 0.6 is 11.6 Å². The molecule has 0 aromatic heterocycles. The number of nitro benzene ring substituents is 1. The van der Waals surface area contributed by atoms with Gasteiger partial charge in [-0.1, -0.05) is 23.8 Å². The molecule has 0 saturated carbocycles. The molecule has 0 aliphatic heterocycles. The zero-order valence-corrected chi connectivity index (χ0v) is 7.78. The lowest BCUT2D eigenvalue weighted by molar-refractivity contribution is -0.384. The van der Waals surface area contributed by atoms with E-state index in [9.17, 15) is 10.1 Å². The van der Waals surface area contributed by atoms with E-state index in [4.69, 9.17) is 11.6 Å². The lowest BCUT2D eigenvalue weighted by Crippen LogP contribution is -1.88. The van der Waals surface area contributed by atoms with Crippen LogP contribution in [0, 0.1) is 10.1 Å². The maximum absolute atomic E-state index is 10.4. The van der Waals surface area contributed by atoms with E-state index in [0.717, 1.165) is 0 Å². The molecule has 0 atom stereocenters. The molecule has 1 aromatic rings. The van der Waals surface area contributed by atoms with Crippen molar-refractivity contribution in [3.05, 3.63) is 45.0 Å². The Bertz CT molecular complexity index is 361. The minimum Gasteiger partial charge on any atom is -0.258 e. The van der Waals surface area contributed by atoms with Gasteiger partial charge in [0.1, 0.15) is 0 Å². The molecule has 0 radical (unpaired) electrons. The van der Waals surface area contributed by atoms with Gasteiger partial charge >= 0.3 is 0 Å². The average molecular weight is 198 g/mol. The SMILES string of the molecule is CC=Cc1cc([N+](=O)[O-])ccc1Cl. The van der Waals surface area contributed by atoms with Gasteiger partial charge < -0.3 is 0 Å². The van der Waals surface area contributed by atoms with Crippen LogP contribution in [0.2, 0.25) is 5.02 Å². The molecular weight excluding hydrogens is 190 g/mol. The predicted octanol–water partition coefficient (Wildman–Crippen LogP) is 3.28. The molecule has 3 nitrogen and oxygen atoms in total. The molecule has 13 heavy (non-hydrogen) atoms. The van der Waals surface area contributed by atoms with Crippen molar-refractivity contribution in [2.75, 3.05) is 0 Å². The van der Waals surface area contributed by atoms with E-state index in [1.54, 1.807) is 12.2 Å². The highest BCUT2D eigenvalue weighted by atomic mass is 35.5. The lowest BCUT2D eigenvalue weighted by atomic mass is 10.2. The number of nitrogens with zero attached hydrogens (tertiary/aromatic N) is 1. The Morgan fingerprint density at radius 3 is 2.77 bits per heavy atom. The summed E-state index contributed by atoms with van der Waals surface area (Å²) in [5, 5.41) is 10.9. The summed E-state index contributed by atoms with van der Waals surface area (Å²) in [5.74, 6) is 0. The van der Waals surface area contributed by atoms with E-state index in [0.29, 0.717) is 10.6 Å². The van der Waals surface area contributed by atoms with Crippen molar-refractivity contribution in [3.8, 4) is 0 Å². The molecule has 68 valence electrons. The van der Waals surface area contributed by atoms with Gasteiger partial charge in [0.05, 0.1) is 4.92 Å². The van der Waals surface area contributed by atoms with Crippen LogP contribution in [-0.2, 0) is 0 Å². The molecular formula is C9H8ClNO2. The van der Waals surface area contributed by atoms with Crippen molar-refractivity contribution in [1.29, 1.82) is 0 Å². The van der Waals surface area contributed by atoms with Crippen LogP contribution < -0.4 is 0 Å². The number of nitro groups is 1. The molecule has 0 amide bonds. The molecule has 0 spiro atoms. The van der Waals surface area contributed by atoms with Crippen LogP contribution in [0.25, 0.3) is 6.08 Å². The summed E-state index contributed by atoms with van der Waals surface area (Å²) in [6.45, 7) is 1.83. The smallest absolute Gasteiger partial charge is 0.258 e. The number of halogens is 1. The summed E-state index contributed by atoms with van der Waals surface area (Å²) in [6, 6.07) is 4.35. The van der Waals surface area contributed by atoms with E-state index in [1.165, 1.54) is 18.2 Å². The fourth-order valence-corrected chi connectivity index (χ4v) is 1.13. The normalized spacial score (nSPS) is 10.6. The first kappa shape index (κ1) is 9.74. The third kappa shape index (κ3) is 2.29. The van der Waals surface area contributed by atoms with Crippen LogP contribution in [0.4, 0.5) is 5.69 Å². The lowest BCUT2D eigenvalue weighted by Gasteiger charge is -1.97. The molecule has 0 heterocycles. The van der Waals surface area contributed by atoms with E-state index in [1.807, 2.05) is 6.92 Å². The van der Waals surface area contributed by atoms with Crippen molar-refractivity contribution in [2.24, 2.45) is 0 Å². The number of allylic oxidation sites excluding steroid dienone is 1. The molecule has 1 rings (SSSR count). The minimum atomic E-state index is -0.441. The first-order chi connectivity index (χ1) is 6.15. The van der Waals surface area contributed by atoms with Crippen molar-refractivity contribution >= 4 is 23.4 Å². The van der Waals surface area contributed by atoms with Crippen LogP contribution in [0.15, 0.2) is 24.3 Å². The number of non-ortho nitro benzene ring substituents is 1. The fourth-order valence-electron chi connectivity index (χ4n) is 0.952. The van der Waals surface area contributed by atoms with Gasteiger partial charge in [0.2, 0.25) is 0 Å². The standard InChI is InChI=1S/C9H8ClNO2/c1-2-3-7-6-8(11(12)13)4-5-9(7)10/h2-6H,1H3. The molecule has 4 heteroatoms. The van der Waals surface area contributed by atoms with E-state index < -0.39 is 4.92 Å². The molecule has 0 aliphatic rings. The Morgan fingerprint density at radius 2 is 2.23 bits per heavy atom. The van der Waals surface area contributed by atoms with Crippen LogP contribution in [0.3, 0.4) is 0 Å². The van der Waals surface area contributed by atoms with E-state index in [-0.39, 0.29) is 5.69 Å². The van der Waals surface area contributed by atoms with Gasteiger partial charge in [-0.25, -0.2) is 0 Å².